The monoisotopic (exact) mass is 455 g/mol. The van der Waals surface area contributed by atoms with Crippen LogP contribution in [-0.2, 0) is 6.04 Å². The number of fused-ring (bicyclic) bond motifs is 10. The predicted octanol–water partition coefficient (Wildman–Crippen LogP) is 7.79. The van der Waals surface area contributed by atoms with E-state index in [-0.39, 0.29) is 0 Å². The predicted molar refractivity (Wildman–Crippen MR) is 145 cm³/mol. The molecule has 3 nitrogen and oxygen atoms in total. The Balaban J connectivity index is 1.68. The van der Waals surface area contributed by atoms with Crippen LogP contribution in [0.2, 0.25) is 19.6 Å². The Bertz CT molecular complexity index is 1770. The van der Waals surface area contributed by atoms with Crippen LogP contribution >= 0.6 is 0 Å². The molecule has 0 bridgehead atoms. The Hall–Kier alpha value is -3.76. The van der Waals surface area contributed by atoms with Crippen molar-refractivity contribution in [2.24, 2.45) is 0 Å². The highest BCUT2D eigenvalue weighted by molar-refractivity contribution is 6.75. The molecule has 0 atom stereocenters. The van der Waals surface area contributed by atoms with E-state index in [9.17, 15) is 0 Å². The van der Waals surface area contributed by atoms with Crippen LogP contribution in [0.25, 0.3) is 60.8 Å². The van der Waals surface area contributed by atoms with Gasteiger partial charge in [-0.3, -0.25) is 0 Å². The summed E-state index contributed by atoms with van der Waals surface area (Å²) < 4.78 is 2.41. The summed E-state index contributed by atoms with van der Waals surface area (Å²) in [5.74, 6) is 0. The molecule has 0 N–H and O–H groups in total. The molecule has 0 spiro atoms. The number of rotatable bonds is 2. The molecule has 7 rings (SSSR count). The van der Waals surface area contributed by atoms with Crippen LogP contribution in [0.5, 0.6) is 0 Å². The molecule has 0 amide bonds. The molecule has 4 heteroatoms. The van der Waals surface area contributed by atoms with Crippen LogP contribution < -0.4 is 0 Å². The summed E-state index contributed by atoms with van der Waals surface area (Å²) in [5, 5.41) is 3.70. The van der Waals surface area contributed by atoms with Gasteiger partial charge in [-0.15, -0.1) is 0 Å². The van der Waals surface area contributed by atoms with Crippen LogP contribution in [0.15, 0.2) is 85.2 Å². The molecule has 0 saturated heterocycles. The summed E-state index contributed by atoms with van der Waals surface area (Å²) in [6.45, 7) is 7.30. The molecule has 1 aliphatic rings. The van der Waals surface area contributed by atoms with Crippen LogP contribution in [0, 0.1) is 0 Å². The van der Waals surface area contributed by atoms with Gasteiger partial charge in [-0.2, -0.15) is 0 Å². The van der Waals surface area contributed by atoms with Gasteiger partial charge in [0.15, 0.2) is 0 Å². The molecule has 0 unspecified atom stereocenters. The summed E-state index contributed by atoms with van der Waals surface area (Å²) in [6.07, 6.45) is 1.73. The third-order valence-electron chi connectivity index (χ3n) is 6.94. The summed E-state index contributed by atoms with van der Waals surface area (Å²) in [5.41, 5.74) is 10.6. The molecule has 0 aliphatic carbocycles. The first-order chi connectivity index (χ1) is 16.5. The van der Waals surface area contributed by atoms with Gasteiger partial charge < -0.3 is 4.57 Å². The van der Waals surface area contributed by atoms with Crippen molar-refractivity contribution in [2.75, 3.05) is 0 Å². The molecule has 3 heterocycles. The van der Waals surface area contributed by atoms with E-state index in [1.807, 2.05) is 0 Å². The van der Waals surface area contributed by atoms with Gasteiger partial charge in [-0.05, 0) is 34.5 Å². The van der Waals surface area contributed by atoms with Crippen LogP contribution in [0.1, 0.15) is 5.56 Å². The van der Waals surface area contributed by atoms with E-state index in [0.717, 1.165) is 22.8 Å². The summed E-state index contributed by atoms with van der Waals surface area (Å²) >= 11 is 0. The van der Waals surface area contributed by atoms with Crippen LogP contribution in [0.3, 0.4) is 0 Å². The van der Waals surface area contributed by atoms with Gasteiger partial charge in [-0.25, -0.2) is 9.97 Å². The first kappa shape index (κ1) is 19.7. The largest absolute Gasteiger partial charge is 0.305 e. The smallest absolute Gasteiger partial charge is 0.116 e. The van der Waals surface area contributed by atoms with Gasteiger partial charge in [-0.1, -0.05) is 86.4 Å². The van der Waals surface area contributed by atoms with E-state index in [4.69, 9.17) is 9.97 Å². The molecule has 4 aromatic carbocycles. The highest BCUT2D eigenvalue weighted by Crippen LogP contribution is 2.47. The van der Waals surface area contributed by atoms with E-state index in [1.54, 1.807) is 6.33 Å². The van der Waals surface area contributed by atoms with Gasteiger partial charge in [0.1, 0.15) is 11.8 Å². The first-order valence-corrected chi connectivity index (χ1v) is 15.6. The van der Waals surface area contributed by atoms with E-state index >= 15 is 0 Å². The number of benzene rings is 4. The number of aromatic nitrogens is 3. The molecule has 2 aromatic heterocycles. The van der Waals surface area contributed by atoms with Crippen molar-refractivity contribution in [3.8, 4) is 28.1 Å². The highest BCUT2D eigenvalue weighted by atomic mass is 28.3. The van der Waals surface area contributed by atoms with Gasteiger partial charge in [0, 0.05) is 30.2 Å². The maximum atomic E-state index is 4.88. The number of hydrogen-bond donors (Lipinski definition) is 0. The SMILES string of the molecule is C[Si](C)(C)Cc1ccc2c3ncnc4c3n(c2c1)-c1ccccc1-c1c-4ccc2ccccc12. The van der Waals surface area contributed by atoms with Gasteiger partial charge in [0.25, 0.3) is 0 Å². The van der Waals surface area contributed by atoms with Gasteiger partial charge in [0.05, 0.1) is 22.4 Å². The average molecular weight is 456 g/mol. The Morgan fingerprint density at radius 3 is 2.47 bits per heavy atom. The molecule has 0 fully saturated rings. The third-order valence-corrected chi connectivity index (χ3v) is 8.41. The second kappa shape index (κ2) is 6.87. The zero-order chi connectivity index (χ0) is 23.0. The average Bonchev–Trinajstić information content (AvgIpc) is 3.08. The molecule has 1 aliphatic heterocycles. The minimum atomic E-state index is -1.25. The number of para-hydroxylation sites is 1. The maximum absolute atomic E-state index is 4.88. The lowest BCUT2D eigenvalue weighted by molar-refractivity contribution is 1.15. The molecular weight excluding hydrogens is 430 g/mol. The Labute approximate surface area is 199 Å². The van der Waals surface area contributed by atoms with Crippen molar-refractivity contribution >= 4 is 40.8 Å². The fourth-order valence-corrected chi connectivity index (χ4v) is 7.12. The molecule has 164 valence electrons. The second-order valence-corrected chi connectivity index (χ2v) is 16.0. The van der Waals surface area contributed by atoms with E-state index in [1.165, 1.54) is 49.6 Å². The molecular formula is C30H25N3Si. The van der Waals surface area contributed by atoms with Crippen molar-refractivity contribution in [3.63, 3.8) is 0 Å². The van der Waals surface area contributed by atoms with E-state index in [2.05, 4.69) is 103 Å². The van der Waals surface area contributed by atoms with Crippen molar-refractivity contribution < 1.29 is 0 Å². The van der Waals surface area contributed by atoms with Crippen molar-refractivity contribution in [2.45, 2.75) is 25.7 Å². The number of hydrogen-bond acceptors (Lipinski definition) is 2. The standard InChI is InChI=1S/C30H25N3Si/c1-34(2,3)17-19-12-14-23-26(16-19)33-25-11-7-6-10-22(25)27-21-9-5-4-8-20(21)13-15-24(27)29-30(33)28(23)31-18-32-29/h4-16,18H,17H2,1-3H3. The molecule has 0 radical (unpaired) electrons. The fraction of sp³-hybridized carbons (Fsp3) is 0.133. The van der Waals surface area contributed by atoms with E-state index < -0.39 is 8.07 Å². The Kier molecular flexibility index (Phi) is 3.98. The van der Waals surface area contributed by atoms with Gasteiger partial charge in [0.2, 0.25) is 0 Å². The molecule has 6 aromatic rings. The minimum Gasteiger partial charge on any atom is -0.305 e. The lowest BCUT2D eigenvalue weighted by atomic mass is 9.91. The van der Waals surface area contributed by atoms with E-state index in [0.29, 0.717) is 0 Å². The minimum absolute atomic E-state index is 1.00. The summed E-state index contributed by atoms with van der Waals surface area (Å²) in [4.78, 5) is 9.68. The molecule has 0 saturated carbocycles. The summed E-state index contributed by atoms with van der Waals surface area (Å²) in [7, 11) is -1.25. The third kappa shape index (κ3) is 2.75. The Morgan fingerprint density at radius 2 is 1.59 bits per heavy atom. The van der Waals surface area contributed by atoms with Crippen LogP contribution in [0.4, 0.5) is 0 Å². The lowest BCUT2D eigenvalue weighted by Gasteiger charge is -2.17. The fourth-order valence-electron chi connectivity index (χ4n) is 5.68. The zero-order valence-corrected chi connectivity index (χ0v) is 20.6. The molecule has 34 heavy (non-hydrogen) atoms. The van der Waals surface area contributed by atoms with Crippen molar-refractivity contribution in [1.29, 1.82) is 0 Å². The summed E-state index contributed by atoms with van der Waals surface area (Å²) in [6, 6.07) is 30.0. The van der Waals surface area contributed by atoms with Crippen molar-refractivity contribution in [1.82, 2.24) is 14.5 Å². The number of nitrogens with zero attached hydrogens (tertiary/aromatic N) is 3. The maximum Gasteiger partial charge on any atom is 0.116 e. The second-order valence-electron chi connectivity index (χ2n) is 10.6. The Morgan fingerprint density at radius 1 is 0.765 bits per heavy atom. The highest BCUT2D eigenvalue weighted by Gasteiger charge is 2.27. The zero-order valence-electron chi connectivity index (χ0n) is 19.6. The van der Waals surface area contributed by atoms with Crippen molar-refractivity contribution in [3.05, 3.63) is 90.8 Å². The van der Waals surface area contributed by atoms with Crippen LogP contribution in [-0.4, -0.2) is 22.6 Å². The van der Waals surface area contributed by atoms with Gasteiger partial charge >= 0.3 is 0 Å². The normalized spacial score (nSPS) is 12.7. The first-order valence-electron chi connectivity index (χ1n) is 11.9. The quantitative estimate of drug-likeness (QED) is 0.249. The lowest BCUT2D eigenvalue weighted by Crippen LogP contribution is -2.23. The topological polar surface area (TPSA) is 30.7 Å².